The molecule has 1 aliphatic heterocycles. The fourth-order valence-corrected chi connectivity index (χ4v) is 4.47. The molecular weight excluding hydrogens is 464 g/mol. The van der Waals surface area contributed by atoms with Gasteiger partial charge in [0.1, 0.15) is 17.6 Å². The summed E-state index contributed by atoms with van der Waals surface area (Å²) in [7, 11) is 1.63. The average molecular weight is 489 g/mol. The fourth-order valence-electron chi connectivity index (χ4n) is 3.84. The summed E-state index contributed by atoms with van der Waals surface area (Å²) >= 11 is 1.20. The number of ether oxygens (including phenoxy) is 1. The van der Waals surface area contributed by atoms with Gasteiger partial charge in [-0.15, -0.1) is 10.2 Å². The minimum atomic E-state index is -0.289. The van der Waals surface area contributed by atoms with E-state index >= 15 is 0 Å². The molecule has 0 fully saturated rings. The van der Waals surface area contributed by atoms with Crippen molar-refractivity contribution in [2.75, 3.05) is 12.9 Å². The number of hydrogen-bond acceptors (Lipinski definition) is 8. The van der Waals surface area contributed by atoms with Crippen molar-refractivity contribution in [2.24, 2.45) is 5.10 Å². The Kier molecular flexibility index (Phi) is 6.67. The summed E-state index contributed by atoms with van der Waals surface area (Å²) in [4.78, 5) is 13.2. The molecule has 0 saturated carbocycles. The highest BCUT2D eigenvalue weighted by molar-refractivity contribution is 7.99. The van der Waals surface area contributed by atoms with Crippen LogP contribution in [0.25, 0.3) is 0 Å². The summed E-state index contributed by atoms with van der Waals surface area (Å²) in [5.74, 6) is 1.94. The van der Waals surface area contributed by atoms with Crippen LogP contribution < -0.4 is 4.74 Å². The van der Waals surface area contributed by atoms with Crippen LogP contribution >= 0.6 is 11.8 Å². The van der Waals surface area contributed by atoms with Gasteiger partial charge in [-0.05, 0) is 42.3 Å². The first-order valence-corrected chi connectivity index (χ1v) is 12.2. The molecular formula is C26H24N4O4S. The molecule has 9 heteroatoms. The number of hydrazone groups is 1. The Morgan fingerprint density at radius 2 is 1.91 bits per heavy atom. The van der Waals surface area contributed by atoms with E-state index in [0.717, 1.165) is 22.6 Å². The van der Waals surface area contributed by atoms with E-state index < -0.39 is 0 Å². The zero-order valence-electron chi connectivity index (χ0n) is 19.4. The van der Waals surface area contributed by atoms with Gasteiger partial charge in [0.05, 0.1) is 31.3 Å². The number of hydrogen-bond donors (Lipinski definition) is 0. The van der Waals surface area contributed by atoms with E-state index in [1.165, 1.54) is 22.3 Å². The average Bonchev–Trinajstić information content (AvgIpc) is 3.64. The normalized spacial score (nSPS) is 15.3. The Bertz CT molecular complexity index is 1310. The van der Waals surface area contributed by atoms with Crippen LogP contribution in [0.3, 0.4) is 0 Å². The highest BCUT2D eigenvalue weighted by Gasteiger charge is 2.35. The van der Waals surface area contributed by atoms with Gasteiger partial charge in [0, 0.05) is 6.42 Å². The standard InChI is InChI=1S/C26H24N4O4S/c1-17-5-9-19(10-6-17)21-15-22(23-4-3-13-33-23)30(29-21)25(31)16-35-26-28-27-24(34-26)14-18-7-11-20(32-2)12-8-18/h3-13,22H,14-16H2,1-2H3. The van der Waals surface area contributed by atoms with Crippen LogP contribution in [0.1, 0.15) is 40.8 Å². The predicted octanol–water partition coefficient (Wildman–Crippen LogP) is 5.04. The van der Waals surface area contributed by atoms with E-state index in [4.69, 9.17) is 13.6 Å². The molecule has 1 aliphatic rings. The van der Waals surface area contributed by atoms with Crippen molar-refractivity contribution < 1.29 is 18.4 Å². The van der Waals surface area contributed by atoms with Gasteiger partial charge in [0.2, 0.25) is 5.89 Å². The van der Waals surface area contributed by atoms with E-state index in [2.05, 4.69) is 15.3 Å². The molecule has 0 spiro atoms. The van der Waals surface area contributed by atoms with E-state index in [9.17, 15) is 4.79 Å². The summed E-state index contributed by atoms with van der Waals surface area (Å²) in [6.07, 6.45) is 2.70. The molecule has 0 radical (unpaired) electrons. The Balaban J connectivity index is 1.25. The minimum absolute atomic E-state index is 0.117. The van der Waals surface area contributed by atoms with Crippen molar-refractivity contribution in [1.29, 1.82) is 0 Å². The minimum Gasteiger partial charge on any atom is -0.497 e. The highest BCUT2D eigenvalue weighted by atomic mass is 32.2. The maximum atomic E-state index is 13.2. The molecule has 3 heterocycles. The van der Waals surface area contributed by atoms with Crippen molar-refractivity contribution in [1.82, 2.24) is 15.2 Å². The van der Waals surface area contributed by atoms with Gasteiger partial charge < -0.3 is 13.6 Å². The van der Waals surface area contributed by atoms with E-state index in [1.54, 1.807) is 13.4 Å². The highest BCUT2D eigenvalue weighted by Crippen LogP contribution is 2.34. The van der Waals surface area contributed by atoms with Gasteiger partial charge in [-0.3, -0.25) is 4.79 Å². The Hall–Kier alpha value is -3.85. The number of carbonyl (C=O) groups is 1. The van der Waals surface area contributed by atoms with Gasteiger partial charge in [-0.25, -0.2) is 5.01 Å². The number of aromatic nitrogens is 2. The molecule has 178 valence electrons. The molecule has 1 atom stereocenters. The molecule has 8 nitrogen and oxygen atoms in total. The molecule has 1 amide bonds. The Morgan fingerprint density at radius 3 is 2.63 bits per heavy atom. The van der Waals surface area contributed by atoms with Crippen LogP contribution in [0, 0.1) is 6.92 Å². The number of rotatable bonds is 8. The molecule has 0 aliphatic carbocycles. The van der Waals surface area contributed by atoms with Gasteiger partial charge in [-0.1, -0.05) is 53.7 Å². The molecule has 35 heavy (non-hydrogen) atoms. The summed E-state index contributed by atoms with van der Waals surface area (Å²) in [6.45, 7) is 2.04. The second kappa shape index (κ2) is 10.2. The van der Waals surface area contributed by atoms with Crippen molar-refractivity contribution in [3.8, 4) is 5.75 Å². The van der Waals surface area contributed by atoms with Crippen molar-refractivity contribution in [2.45, 2.75) is 31.0 Å². The molecule has 1 unspecified atom stereocenters. The lowest BCUT2D eigenvalue weighted by Crippen LogP contribution is -2.28. The molecule has 5 rings (SSSR count). The SMILES string of the molecule is COc1ccc(Cc2nnc(SCC(=O)N3N=C(c4ccc(C)cc4)CC3c3ccco3)o2)cc1. The topological polar surface area (TPSA) is 94.0 Å². The van der Waals surface area contributed by atoms with E-state index in [0.29, 0.717) is 29.7 Å². The lowest BCUT2D eigenvalue weighted by Gasteiger charge is -2.19. The van der Waals surface area contributed by atoms with Gasteiger partial charge >= 0.3 is 0 Å². The third kappa shape index (κ3) is 5.30. The lowest BCUT2D eigenvalue weighted by molar-refractivity contribution is -0.130. The number of furan rings is 1. The van der Waals surface area contributed by atoms with Gasteiger partial charge in [-0.2, -0.15) is 5.10 Å². The molecule has 0 N–H and O–H groups in total. The van der Waals surface area contributed by atoms with Crippen LogP contribution in [0.15, 0.2) is 86.1 Å². The number of thioether (sulfide) groups is 1. The van der Waals surface area contributed by atoms with Crippen LogP contribution in [-0.2, 0) is 11.2 Å². The van der Waals surface area contributed by atoms with Crippen molar-refractivity contribution >= 4 is 23.4 Å². The second-order valence-corrected chi connectivity index (χ2v) is 9.09. The van der Waals surface area contributed by atoms with Gasteiger partial charge in [0.25, 0.3) is 11.1 Å². The second-order valence-electron chi connectivity index (χ2n) is 8.16. The zero-order valence-corrected chi connectivity index (χ0v) is 20.2. The maximum Gasteiger partial charge on any atom is 0.277 e. The third-order valence-corrected chi connectivity index (χ3v) is 6.51. The molecule has 2 aromatic carbocycles. The van der Waals surface area contributed by atoms with Crippen LogP contribution in [0.4, 0.5) is 0 Å². The molecule has 0 bridgehead atoms. The number of amides is 1. The van der Waals surface area contributed by atoms with Crippen LogP contribution in [0.5, 0.6) is 5.75 Å². The summed E-state index contributed by atoms with van der Waals surface area (Å²) in [6, 6.07) is 19.2. The largest absolute Gasteiger partial charge is 0.497 e. The van der Waals surface area contributed by atoms with E-state index in [1.807, 2.05) is 67.6 Å². The first-order chi connectivity index (χ1) is 17.1. The first kappa shape index (κ1) is 22.9. The Morgan fingerprint density at radius 1 is 1.11 bits per heavy atom. The molecule has 2 aromatic heterocycles. The zero-order chi connectivity index (χ0) is 24.2. The van der Waals surface area contributed by atoms with Crippen LogP contribution in [-0.4, -0.2) is 39.7 Å². The van der Waals surface area contributed by atoms with Gasteiger partial charge in [0.15, 0.2) is 0 Å². The Labute approximate surface area is 207 Å². The monoisotopic (exact) mass is 488 g/mol. The molecule has 4 aromatic rings. The third-order valence-electron chi connectivity index (χ3n) is 5.70. The lowest BCUT2D eigenvalue weighted by atomic mass is 10.0. The molecule has 0 saturated heterocycles. The fraction of sp³-hybridized carbons (Fsp3) is 0.231. The first-order valence-electron chi connectivity index (χ1n) is 11.2. The smallest absolute Gasteiger partial charge is 0.277 e. The number of benzene rings is 2. The summed E-state index contributed by atoms with van der Waals surface area (Å²) in [5.41, 5.74) is 4.04. The number of methoxy groups -OCH3 is 1. The number of aryl methyl sites for hydroxylation is 1. The summed E-state index contributed by atoms with van der Waals surface area (Å²) in [5, 5.41) is 14.7. The number of carbonyl (C=O) groups excluding carboxylic acids is 1. The maximum absolute atomic E-state index is 13.2. The predicted molar refractivity (Wildman–Crippen MR) is 131 cm³/mol. The number of nitrogens with zero attached hydrogens (tertiary/aromatic N) is 4. The van der Waals surface area contributed by atoms with Crippen LogP contribution in [0.2, 0.25) is 0 Å². The summed E-state index contributed by atoms with van der Waals surface area (Å²) < 4.78 is 16.5. The van der Waals surface area contributed by atoms with Crippen molar-refractivity contribution in [3.63, 3.8) is 0 Å². The van der Waals surface area contributed by atoms with E-state index in [-0.39, 0.29) is 17.7 Å². The van der Waals surface area contributed by atoms with Crippen molar-refractivity contribution in [3.05, 3.63) is 95.3 Å². The quantitative estimate of drug-likeness (QED) is 0.321.